The third-order valence-corrected chi connectivity index (χ3v) is 4.89. The fourth-order valence-electron chi connectivity index (χ4n) is 3.11. The second-order valence-electron chi connectivity index (χ2n) is 6.79. The van der Waals surface area contributed by atoms with E-state index in [0.29, 0.717) is 25.0 Å². The smallest absolute Gasteiger partial charge is 0.254 e. The van der Waals surface area contributed by atoms with Crippen molar-refractivity contribution < 1.29 is 9.90 Å². The highest BCUT2D eigenvalue weighted by Crippen LogP contribution is 2.41. The minimum absolute atomic E-state index is 0.0334. The minimum Gasteiger partial charge on any atom is -0.389 e. The summed E-state index contributed by atoms with van der Waals surface area (Å²) in [6, 6.07) is 8.68. The molecule has 112 valence electrons. The largest absolute Gasteiger partial charge is 0.389 e. The van der Waals surface area contributed by atoms with Gasteiger partial charge in [-0.05, 0) is 49.4 Å². The Morgan fingerprint density at radius 2 is 1.95 bits per heavy atom. The molecule has 1 saturated heterocycles. The van der Waals surface area contributed by atoms with Crippen LogP contribution in [0.2, 0.25) is 0 Å². The molecule has 1 heterocycles. The maximum absolute atomic E-state index is 12.1. The van der Waals surface area contributed by atoms with Gasteiger partial charge in [-0.25, -0.2) is 0 Å². The van der Waals surface area contributed by atoms with E-state index in [-0.39, 0.29) is 12.0 Å². The average molecular weight is 286 g/mol. The normalized spacial score (nSPS) is 28.3. The lowest BCUT2D eigenvalue weighted by Crippen LogP contribution is -2.53. The number of β-amino-alcohol motifs (C(OH)–C–C–N with tert-alkyl or cyclic N) is 1. The first-order valence-electron chi connectivity index (χ1n) is 8.01. The SMILES string of the molecule is O=C(c1ccc(C2CC2NCC2CC2)cc1)N1CC(O)C1. The predicted molar refractivity (Wildman–Crippen MR) is 80.2 cm³/mol. The van der Waals surface area contributed by atoms with Crippen LogP contribution >= 0.6 is 0 Å². The molecule has 4 nitrogen and oxygen atoms in total. The van der Waals surface area contributed by atoms with Crippen molar-refractivity contribution >= 4 is 5.91 Å². The molecule has 2 unspecified atom stereocenters. The number of rotatable bonds is 5. The highest BCUT2D eigenvalue weighted by atomic mass is 16.3. The van der Waals surface area contributed by atoms with Crippen molar-refractivity contribution in [3.05, 3.63) is 35.4 Å². The van der Waals surface area contributed by atoms with Crippen LogP contribution in [0.15, 0.2) is 24.3 Å². The Balaban J connectivity index is 1.32. The molecule has 1 aromatic carbocycles. The van der Waals surface area contributed by atoms with Crippen LogP contribution in [0.3, 0.4) is 0 Å². The van der Waals surface area contributed by atoms with E-state index >= 15 is 0 Å². The molecule has 2 saturated carbocycles. The number of aliphatic hydroxyl groups is 1. The Labute approximate surface area is 125 Å². The molecule has 0 bridgehead atoms. The zero-order valence-corrected chi connectivity index (χ0v) is 12.2. The first-order valence-corrected chi connectivity index (χ1v) is 8.01. The first kappa shape index (κ1) is 13.3. The summed E-state index contributed by atoms with van der Waals surface area (Å²) in [5.41, 5.74) is 2.07. The average Bonchev–Trinajstić information content (AvgIpc) is 3.35. The fourth-order valence-corrected chi connectivity index (χ4v) is 3.11. The van der Waals surface area contributed by atoms with E-state index in [4.69, 9.17) is 0 Å². The van der Waals surface area contributed by atoms with Crippen LogP contribution in [0.25, 0.3) is 0 Å². The summed E-state index contributed by atoms with van der Waals surface area (Å²) in [7, 11) is 0. The van der Waals surface area contributed by atoms with Gasteiger partial charge in [0.25, 0.3) is 5.91 Å². The molecule has 3 fully saturated rings. The van der Waals surface area contributed by atoms with Crippen molar-refractivity contribution in [1.82, 2.24) is 10.2 Å². The Bertz CT molecular complexity index is 532. The number of hydrogen-bond acceptors (Lipinski definition) is 3. The van der Waals surface area contributed by atoms with Gasteiger partial charge in [-0.15, -0.1) is 0 Å². The molecular formula is C17H22N2O2. The third kappa shape index (κ3) is 2.83. The molecule has 21 heavy (non-hydrogen) atoms. The number of likely N-dealkylation sites (tertiary alicyclic amines) is 1. The first-order chi connectivity index (χ1) is 10.2. The van der Waals surface area contributed by atoms with E-state index in [0.717, 1.165) is 11.5 Å². The molecule has 0 spiro atoms. The van der Waals surface area contributed by atoms with Crippen LogP contribution in [-0.2, 0) is 0 Å². The summed E-state index contributed by atoms with van der Waals surface area (Å²) in [6.45, 7) is 2.11. The lowest BCUT2D eigenvalue weighted by Gasteiger charge is -2.35. The van der Waals surface area contributed by atoms with Gasteiger partial charge >= 0.3 is 0 Å². The summed E-state index contributed by atoms with van der Waals surface area (Å²) in [4.78, 5) is 13.8. The lowest BCUT2D eigenvalue weighted by molar-refractivity contribution is 0.00589. The second-order valence-corrected chi connectivity index (χ2v) is 6.79. The molecular weight excluding hydrogens is 264 g/mol. The zero-order chi connectivity index (χ0) is 14.4. The van der Waals surface area contributed by atoms with E-state index in [9.17, 15) is 9.90 Å². The molecule has 2 N–H and O–H groups in total. The highest BCUT2D eigenvalue weighted by Gasteiger charge is 2.39. The van der Waals surface area contributed by atoms with Crippen molar-refractivity contribution in [3.63, 3.8) is 0 Å². The molecule has 1 aromatic rings. The summed E-state index contributed by atoms with van der Waals surface area (Å²) in [5, 5.41) is 12.9. The van der Waals surface area contributed by atoms with Crippen LogP contribution in [0.1, 0.15) is 41.1 Å². The zero-order valence-electron chi connectivity index (χ0n) is 12.2. The van der Waals surface area contributed by atoms with E-state index in [1.807, 2.05) is 12.1 Å². The molecule has 0 aromatic heterocycles. The Morgan fingerprint density at radius 1 is 1.24 bits per heavy atom. The molecule has 2 atom stereocenters. The quantitative estimate of drug-likeness (QED) is 0.859. The van der Waals surface area contributed by atoms with Gasteiger partial charge in [0.1, 0.15) is 0 Å². The van der Waals surface area contributed by atoms with Gasteiger partial charge in [0.2, 0.25) is 0 Å². The number of benzene rings is 1. The monoisotopic (exact) mass is 286 g/mol. The van der Waals surface area contributed by atoms with Crippen molar-refractivity contribution in [2.75, 3.05) is 19.6 Å². The molecule has 4 rings (SSSR count). The van der Waals surface area contributed by atoms with Gasteiger partial charge < -0.3 is 15.3 Å². The Hall–Kier alpha value is -1.39. The molecule has 4 heteroatoms. The molecule has 2 aliphatic carbocycles. The number of amides is 1. The fraction of sp³-hybridized carbons (Fsp3) is 0.588. The Kier molecular flexibility index (Phi) is 3.23. The van der Waals surface area contributed by atoms with Crippen molar-refractivity contribution in [2.45, 2.75) is 37.3 Å². The number of hydrogen-bond donors (Lipinski definition) is 2. The van der Waals surface area contributed by atoms with E-state index in [1.165, 1.54) is 31.4 Å². The third-order valence-electron chi connectivity index (χ3n) is 4.89. The van der Waals surface area contributed by atoms with Crippen molar-refractivity contribution in [3.8, 4) is 0 Å². The lowest BCUT2D eigenvalue weighted by atomic mass is 10.0. The van der Waals surface area contributed by atoms with Crippen LogP contribution in [0.5, 0.6) is 0 Å². The summed E-state index contributed by atoms with van der Waals surface area (Å²) < 4.78 is 0. The van der Waals surface area contributed by atoms with Crippen molar-refractivity contribution in [1.29, 1.82) is 0 Å². The van der Waals surface area contributed by atoms with Gasteiger partial charge in [0.05, 0.1) is 6.10 Å². The van der Waals surface area contributed by atoms with Gasteiger partial charge in [-0.2, -0.15) is 0 Å². The van der Waals surface area contributed by atoms with Crippen LogP contribution in [0.4, 0.5) is 0 Å². The summed E-state index contributed by atoms with van der Waals surface area (Å²) >= 11 is 0. The number of nitrogens with one attached hydrogen (secondary N) is 1. The van der Waals surface area contributed by atoms with Gasteiger partial charge in [0.15, 0.2) is 0 Å². The summed E-state index contributed by atoms with van der Waals surface area (Å²) in [5.74, 6) is 1.59. The molecule has 3 aliphatic rings. The maximum atomic E-state index is 12.1. The Morgan fingerprint density at radius 3 is 2.57 bits per heavy atom. The van der Waals surface area contributed by atoms with Crippen LogP contribution < -0.4 is 5.32 Å². The molecule has 1 aliphatic heterocycles. The number of carbonyl (C=O) groups excluding carboxylic acids is 1. The van der Waals surface area contributed by atoms with Crippen LogP contribution in [-0.4, -0.2) is 47.7 Å². The van der Waals surface area contributed by atoms with Gasteiger partial charge in [-0.1, -0.05) is 12.1 Å². The number of nitrogens with zero attached hydrogens (tertiary/aromatic N) is 1. The van der Waals surface area contributed by atoms with Crippen LogP contribution in [0, 0.1) is 5.92 Å². The topological polar surface area (TPSA) is 52.6 Å². The van der Waals surface area contributed by atoms with Crippen molar-refractivity contribution in [2.24, 2.45) is 5.92 Å². The number of carbonyl (C=O) groups is 1. The predicted octanol–water partition coefficient (Wildman–Crippen LogP) is 1.36. The molecule has 1 amide bonds. The maximum Gasteiger partial charge on any atom is 0.254 e. The molecule has 0 radical (unpaired) electrons. The number of aliphatic hydroxyl groups excluding tert-OH is 1. The second kappa shape index (κ2) is 5.11. The van der Waals surface area contributed by atoms with E-state index in [1.54, 1.807) is 4.90 Å². The standard InChI is InChI=1S/C17H22N2O2/c20-14-9-19(10-14)17(21)13-5-3-12(4-6-13)15-7-16(15)18-8-11-1-2-11/h3-6,11,14-16,18,20H,1-2,7-10H2. The highest BCUT2D eigenvalue weighted by molar-refractivity contribution is 5.94. The van der Waals surface area contributed by atoms with Gasteiger partial charge in [-0.3, -0.25) is 4.79 Å². The minimum atomic E-state index is -0.335. The summed E-state index contributed by atoms with van der Waals surface area (Å²) in [6.07, 6.45) is 3.68. The van der Waals surface area contributed by atoms with Gasteiger partial charge in [0, 0.05) is 30.6 Å². The van der Waals surface area contributed by atoms with E-state index < -0.39 is 0 Å². The van der Waals surface area contributed by atoms with E-state index in [2.05, 4.69) is 17.4 Å².